The van der Waals surface area contributed by atoms with Gasteiger partial charge in [0.25, 0.3) is 0 Å². The molecule has 2 amide bonds. The molecule has 0 fully saturated rings. The van der Waals surface area contributed by atoms with Crippen LogP contribution in [0.2, 0.25) is 0 Å². The molecule has 0 bridgehead atoms. The van der Waals surface area contributed by atoms with Gasteiger partial charge in [-0.05, 0) is 47.9 Å². The third kappa shape index (κ3) is 7.56. The Labute approximate surface area is 220 Å². The highest BCUT2D eigenvalue weighted by Gasteiger charge is 2.15. The van der Waals surface area contributed by atoms with Crippen molar-refractivity contribution in [2.24, 2.45) is 0 Å². The van der Waals surface area contributed by atoms with E-state index in [1.54, 1.807) is 0 Å². The largest absolute Gasteiger partial charge is 0.325 e. The van der Waals surface area contributed by atoms with Crippen molar-refractivity contribution in [1.82, 2.24) is 10.2 Å². The van der Waals surface area contributed by atoms with Crippen LogP contribution in [0.3, 0.4) is 0 Å². The van der Waals surface area contributed by atoms with E-state index < -0.39 is 0 Å². The van der Waals surface area contributed by atoms with Crippen molar-refractivity contribution in [3.63, 3.8) is 0 Å². The third-order valence-electron chi connectivity index (χ3n) is 5.42. The second kappa shape index (κ2) is 12.6. The molecule has 0 aliphatic heterocycles. The highest BCUT2D eigenvalue weighted by Crippen LogP contribution is 2.31. The molecular weight excluding hydrogens is 497 g/mol. The summed E-state index contributed by atoms with van der Waals surface area (Å²) >= 11 is 4.10. The Morgan fingerprint density at radius 1 is 0.771 bits per heavy atom. The number of rotatable bonds is 10. The van der Waals surface area contributed by atoms with E-state index in [2.05, 4.69) is 48.5 Å². The van der Waals surface area contributed by atoms with Gasteiger partial charge in [0.05, 0.1) is 11.5 Å². The number of benzene rings is 2. The first-order valence-corrected chi connectivity index (χ1v) is 14.3. The number of aryl methyl sites for hydroxylation is 2. The molecule has 0 aliphatic carbocycles. The summed E-state index contributed by atoms with van der Waals surface area (Å²) in [5.74, 6) is 0.984. The highest BCUT2D eigenvalue weighted by molar-refractivity contribution is 8.03. The van der Waals surface area contributed by atoms with Gasteiger partial charge in [-0.2, -0.15) is 0 Å². The van der Waals surface area contributed by atoms with Crippen molar-refractivity contribution >= 4 is 58.0 Å². The quantitative estimate of drug-likeness (QED) is 0.280. The third-order valence-corrected chi connectivity index (χ3v) is 8.61. The minimum absolute atomic E-state index is 0.0748. The van der Waals surface area contributed by atoms with Crippen LogP contribution in [0.15, 0.2) is 45.1 Å². The minimum Gasteiger partial charge on any atom is -0.325 e. The lowest BCUT2D eigenvalue weighted by Crippen LogP contribution is -2.16. The maximum atomic E-state index is 12.6. The number of anilines is 2. The second-order valence-corrected chi connectivity index (χ2v) is 12.3. The predicted octanol–water partition coefficient (Wildman–Crippen LogP) is 6.86. The normalized spacial score (nSPS) is 11.2. The predicted molar refractivity (Wildman–Crippen MR) is 149 cm³/mol. The summed E-state index contributed by atoms with van der Waals surface area (Å²) in [6.07, 6.45) is 0. The Morgan fingerprint density at radius 2 is 1.17 bits per heavy atom. The Hall–Kier alpha value is -2.36. The maximum absolute atomic E-state index is 12.6. The summed E-state index contributed by atoms with van der Waals surface area (Å²) in [6, 6.07) is 12.1. The van der Waals surface area contributed by atoms with E-state index in [-0.39, 0.29) is 23.3 Å². The monoisotopic (exact) mass is 528 g/mol. The molecule has 0 saturated carbocycles. The zero-order valence-corrected chi connectivity index (χ0v) is 23.4. The van der Waals surface area contributed by atoms with E-state index in [0.717, 1.165) is 33.6 Å². The van der Waals surface area contributed by atoms with Gasteiger partial charge in [-0.1, -0.05) is 99.0 Å². The van der Waals surface area contributed by atoms with Gasteiger partial charge in [-0.3, -0.25) is 9.59 Å². The lowest BCUT2D eigenvalue weighted by atomic mass is 9.98. The van der Waals surface area contributed by atoms with E-state index in [0.29, 0.717) is 20.5 Å². The SMILES string of the molecule is Cc1cccc(C(C)C)c1NC(=O)CSc1nnc(SCC(=O)Nc2c(C)cccc2C(C)C)s1. The molecule has 9 heteroatoms. The summed E-state index contributed by atoms with van der Waals surface area (Å²) in [5, 5.41) is 14.5. The Morgan fingerprint density at radius 3 is 1.54 bits per heavy atom. The molecule has 0 radical (unpaired) electrons. The molecule has 186 valence electrons. The number of nitrogens with zero attached hydrogens (tertiary/aromatic N) is 2. The van der Waals surface area contributed by atoms with Gasteiger partial charge in [0.1, 0.15) is 0 Å². The van der Waals surface area contributed by atoms with Crippen LogP contribution in [0.1, 0.15) is 61.8 Å². The molecule has 35 heavy (non-hydrogen) atoms. The number of hydrogen-bond donors (Lipinski definition) is 2. The van der Waals surface area contributed by atoms with Crippen molar-refractivity contribution in [1.29, 1.82) is 0 Å². The molecule has 0 atom stereocenters. The first-order chi connectivity index (χ1) is 16.7. The Balaban J connectivity index is 1.51. The van der Waals surface area contributed by atoms with Crippen molar-refractivity contribution in [3.05, 3.63) is 58.7 Å². The molecule has 0 spiro atoms. The zero-order chi connectivity index (χ0) is 25.5. The van der Waals surface area contributed by atoms with Crippen molar-refractivity contribution < 1.29 is 9.59 Å². The number of aromatic nitrogens is 2. The summed E-state index contributed by atoms with van der Waals surface area (Å²) in [5.41, 5.74) is 6.14. The van der Waals surface area contributed by atoms with Crippen LogP contribution in [0.25, 0.3) is 0 Å². The van der Waals surface area contributed by atoms with Gasteiger partial charge in [-0.25, -0.2) is 0 Å². The van der Waals surface area contributed by atoms with Crippen LogP contribution in [0.5, 0.6) is 0 Å². The van der Waals surface area contributed by atoms with Gasteiger partial charge in [0, 0.05) is 11.4 Å². The van der Waals surface area contributed by atoms with E-state index in [1.807, 2.05) is 50.2 Å². The number of para-hydroxylation sites is 2. The van der Waals surface area contributed by atoms with Crippen molar-refractivity contribution in [2.45, 2.75) is 62.1 Å². The summed E-state index contributed by atoms with van der Waals surface area (Å²) < 4.78 is 1.41. The number of amides is 2. The molecule has 2 aromatic carbocycles. The van der Waals surface area contributed by atoms with Gasteiger partial charge in [0.2, 0.25) is 11.8 Å². The first kappa shape index (κ1) is 27.2. The summed E-state index contributed by atoms with van der Waals surface area (Å²) in [6.45, 7) is 12.5. The molecule has 2 N–H and O–H groups in total. The van der Waals surface area contributed by atoms with Crippen molar-refractivity contribution in [2.75, 3.05) is 22.1 Å². The topological polar surface area (TPSA) is 84.0 Å². The zero-order valence-electron chi connectivity index (χ0n) is 21.0. The maximum Gasteiger partial charge on any atom is 0.234 e. The molecule has 1 aromatic heterocycles. The van der Waals surface area contributed by atoms with Gasteiger partial charge in [0.15, 0.2) is 8.68 Å². The number of hydrogen-bond acceptors (Lipinski definition) is 7. The lowest BCUT2D eigenvalue weighted by molar-refractivity contribution is -0.114. The van der Waals surface area contributed by atoms with E-state index in [1.165, 1.54) is 34.9 Å². The van der Waals surface area contributed by atoms with Crippen LogP contribution in [0, 0.1) is 13.8 Å². The molecule has 6 nitrogen and oxygen atoms in total. The molecule has 0 unspecified atom stereocenters. The molecule has 3 rings (SSSR count). The van der Waals surface area contributed by atoms with Gasteiger partial charge >= 0.3 is 0 Å². The lowest BCUT2D eigenvalue weighted by Gasteiger charge is -2.16. The standard InChI is InChI=1S/C26H32N4O2S3/c1-15(2)19-11-7-9-17(5)23(19)27-21(31)13-33-25-29-30-26(35-25)34-14-22(32)28-24-18(6)10-8-12-20(24)16(3)4/h7-12,15-16H,13-14H2,1-6H3,(H,27,31)(H,28,32). The van der Waals surface area contributed by atoms with Crippen LogP contribution in [-0.2, 0) is 9.59 Å². The summed E-state index contributed by atoms with van der Waals surface area (Å²) in [4.78, 5) is 25.2. The van der Waals surface area contributed by atoms with E-state index >= 15 is 0 Å². The molecule has 3 aromatic rings. The fraction of sp³-hybridized carbons (Fsp3) is 0.385. The van der Waals surface area contributed by atoms with Crippen LogP contribution < -0.4 is 10.6 Å². The van der Waals surface area contributed by atoms with E-state index in [9.17, 15) is 9.59 Å². The van der Waals surface area contributed by atoms with Gasteiger partial charge in [-0.15, -0.1) is 10.2 Å². The van der Waals surface area contributed by atoms with E-state index in [4.69, 9.17) is 0 Å². The average molecular weight is 529 g/mol. The second-order valence-electron chi connectivity index (χ2n) is 8.90. The van der Waals surface area contributed by atoms with Crippen molar-refractivity contribution in [3.8, 4) is 0 Å². The van der Waals surface area contributed by atoms with Crippen LogP contribution >= 0.6 is 34.9 Å². The minimum atomic E-state index is -0.0748. The fourth-order valence-corrected chi connectivity index (χ4v) is 6.22. The number of carbonyl (C=O) groups excluding carboxylic acids is 2. The fourth-order valence-electron chi connectivity index (χ4n) is 3.60. The molecule has 1 heterocycles. The van der Waals surface area contributed by atoms with Gasteiger partial charge < -0.3 is 10.6 Å². The highest BCUT2D eigenvalue weighted by atomic mass is 32.2. The number of thioether (sulfide) groups is 2. The molecular formula is C26H32N4O2S3. The molecule has 0 aliphatic rings. The Bertz CT molecular complexity index is 1100. The summed E-state index contributed by atoms with van der Waals surface area (Å²) in [7, 11) is 0. The van der Waals surface area contributed by atoms with Crippen LogP contribution in [-0.4, -0.2) is 33.5 Å². The smallest absolute Gasteiger partial charge is 0.234 e. The number of nitrogens with one attached hydrogen (secondary N) is 2. The van der Waals surface area contributed by atoms with Crippen LogP contribution in [0.4, 0.5) is 11.4 Å². The average Bonchev–Trinajstić information content (AvgIpc) is 3.26. The number of carbonyl (C=O) groups is 2. The first-order valence-electron chi connectivity index (χ1n) is 11.5. The Kier molecular flexibility index (Phi) is 9.77. The molecule has 0 saturated heterocycles.